The Bertz CT molecular complexity index is 716. The van der Waals surface area contributed by atoms with Crippen molar-refractivity contribution in [2.45, 2.75) is 6.92 Å². The van der Waals surface area contributed by atoms with E-state index >= 15 is 0 Å². The Hall–Kier alpha value is -2.21. The van der Waals surface area contributed by atoms with E-state index in [1.807, 2.05) is 31.2 Å². The smallest absolute Gasteiger partial charge is 0.276 e. The molecule has 0 radical (unpaired) electrons. The number of benzene rings is 1. The molecule has 0 saturated heterocycles. The molecule has 0 unspecified atom stereocenters. The zero-order valence-electron chi connectivity index (χ0n) is 9.60. The molecule has 3 aromatic rings. The molecule has 0 aliphatic rings. The van der Waals surface area contributed by atoms with Gasteiger partial charge in [-0.25, -0.2) is 4.98 Å². The van der Waals surface area contributed by atoms with Crippen molar-refractivity contribution in [2.24, 2.45) is 0 Å². The van der Waals surface area contributed by atoms with Gasteiger partial charge in [-0.3, -0.25) is 9.89 Å². The van der Waals surface area contributed by atoms with E-state index in [-0.39, 0.29) is 5.91 Å². The molecule has 0 aliphatic heterocycles. The molecule has 90 valence electrons. The zero-order chi connectivity index (χ0) is 12.5. The minimum atomic E-state index is -0.239. The number of hydrogen-bond acceptors (Lipinski definition) is 4. The van der Waals surface area contributed by atoms with Crippen LogP contribution in [0, 0.1) is 6.92 Å². The number of fused-ring (bicyclic) bond motifs is 1. The number of aromatic amines is 1. The normalized spacial score (nSPS) is 10.7. The molecular weight excluding hydrogens is 248 g/mol. The summed E-state index contributed by atoms with van der Waals surface area (Å²) >= 11 is 1.45. The Labute approximate surface area is 107 Å². The van der Waals surface area contributed by atoms with Gasteiger partial charge in [0.15, 0.2) is 5.82 Å². The Morgan fingerprint density at radius 3 is 3.00 bits per heavy atom. The van der Waals surface area contributed by atoms with Crippen molar-refractivity contribution in [2.75, 3.05) is 5.32 Å². The first-order valence-electron chi connectivity index (χ1n) is 5.40. The van der Waals surface area contributed by atoms with Gasteiger partial charge in [-0.05, 0) is 19.1 Å². The Kier molecular flexibility index (Phi) is 2.56. The van der Waals surface area contributed by atoms with Crippen molar-refractivity contribution in [3.8, 4) is 0 Å². The van der Waals surface area contributed by atoms with E-state index in [1.54, 1.807) is 5.38 Å². The number of hydrogen-bond donors (Lipinski definition) is 2. The lowest BCUT2D eigenvalue weighted by Crippen LogP contribution is -2.12. The van der Waals surface area contributed by atoms with Crippen LogP contribution in [0.25, 0.3) is 10.9 Å². The first kappa shape index (κ1) is 10.9. The van der Waals surface area contributed by atoms with Gasteiger partial charge in [0, 0.05) is 10.8 Å². The third-order valence-electron chi connectivity index (χ3n) is 2.55. The SMILES string of the molecule is Cc1nc(C(=O)Nc2n[nH]c3ccccc23)cs1. The molecule has 1 amide bonds. The first-order chi connectivity index (χ1) is 8.74. The highest BCUT2D eigenvalue weighted by molar-refractivity contribution is 7.09. The van der Waals surface area contributed by atoms with E-state index in [4.69, 9.17) is 0 Å². The van der Waals surface area contributed by atoms with Crippen LogP contribution in [0.2, 0.25) is 0 Å². The number of carbonyl (C=O) groups excluding carboxylic acids is 1. The lowest BCUT2D eigenvalue weighted by atomic mass is 10.2. The fourth-order valence-corrected chi connectivity index (χ4v) is 2.29. The van der Waals surface area contributed by atoms with Crippen molar-refractivity contribution in [3.63, 3.8) is 0 Å². The van der Waals surface area contributed by atoms with E-state index in [9.17, 15) is 4.79 Å². The highest BCUT2D eigenvalue weighted by Crippen LogP contribution is 2.20. The number of nitrogens with one attached hydrogen (secondary N) is 2. The largest absolute Gasteiger partial charge is 0.303 e. The monoisotopic (exact) mass is 258 g/mol. The van der Waals surface area contributed by atoms with Crippen molar-refractivity contribution >= 4 is 34.0 Å². The second-order valence-corrected chi connectivity index (χ2v) is 4.89. The summed E-state index contributed by atoms with van der Waals surface area (Å²) in [5.41, 5.74) is 1.31. The number of anilines is 1. The molecule has 2 heterocycles. The van der Waals surface area contributed by atoms with Crippen LogP contribution in [0.4, 0.5) is 5.82 Å². The molecule has 0 bridgehead atoms. The van der Waals surface area contributed by atoms with E-state index in [2.05, 4.69) is 20.5 Å². The van der Waals surface area contributed by atoms with Crippen LogP contribution in [0.15, 0.2) is 29.6 Å². The molecular formula is C12H10N4OS. The van der Waals surface area contributed by atoms with Gasteiger partial charge in [0.2, 0.25) is 0 Å². The molecule has 0 fully saturated rings. The summed E-state index contributed by atoms with van der Waals surface area (Å²) in [6.07, 6.45) is 0. The van der Waals surface area contributed by atoms with Gasteiger partial charge >= 0.3 is 0 Å². The van der Waals surface area contributed by atoms with E-state index < -0.39 is 0 Å². The molecule has 0 aliphatic carbocycles. The maximum atomic E-state index is 11.9. The summed E-state index contributed by atoms with van der Waals surface area (Å²) in [7, 11) is 0. The number of H-pyrrole nitrogens is 1. The number of rotatable bonds is 2. The van der Waals surface area contributed by atoms with Gasteiger partial charge in [0.1, 0.15) is 5.69 Å². The van der Waals surface area contributed by atoms with Crippen molar-refractivity contribution < 1.29 is 4.79 Å². The van der Waals surface area contributed by atoms with Crippen molar-refractivity contribution in [1.29, 1.82) is 0 Å². The molecule has 0 spiro atoms. The fraction of sp³-hybridized carbons (Fsp3) is 0.0833. The Morgan fingerprint density at radius 2 is 2.22 bits per heavy atom. The molecule has 3 rings (SSSR count). The van der Waals surface area contributed by atoms with Crippen LogP contribution in [-0.2, 0) is 0 Å². The summed E-state index contributed by atoms with van der Waals surface area (Å²) in [6, 6.07) is 7.63. The summed E-state index contributed by atoms with van der Waals surface area (Å²) < 4.78 is 0. The number of thiazole rings is 1. The zero-order valence-corrected chi connectivity index (χ0v) is 10.4. The summed E-state index contributed by atoms with van der Waals surface area (Å²) in [5, 5.41) is 13.2. The molecule has 1 aromatic carbocycles. The number of aromatic nitrogens is 3. The average molecular weight is 258 g/mol. The predicted molar refractivity (Wildman–Crippen MR) is 70.9 cm³/mol. The number of amides is 1. The van der Waals surface area contributed by atoms with Gasteiger partial charge in [0.05, 0.1) is 10.5 Å². The second-order valence-electron chi connectivity index (χ2n) is 3.82. The lowest BCUT2D eigenvalue weighted by Gasteiger charge is -1.98. The highest BCUT2D eigenvalue weighted by atomic mass is 32.1. The van der Waals surface area contributed by atoms with E-state index in [0.717, 1.165) is 15.9 Å². The minimum Gasteiger partial charge on any atom is -0.303 e. The number of aryl methyl sites for hydroxylation is 1. The lowest BCUT2D eigenvalue weighted by molar-refractivity contribution is 0.102. The van der Waals surface area contributed by atoms with Crippen LogP contribution in [-0.4, -0.2) is 21.1 Å². The van der Waals surface area contributed by atoms with Gasteiger partial charge < -0.3 is 5.32 Å². The van der Waals surface area contributed by atoms with Crippen LogP contribution in [0.3, 0.4) is 0 Å². The molecule has 2 N–H and O–H groups in total. The number of para-hydroxylation sites is 1. The maximum Gasteiger partial charge on any atom is 0.276 e. The average Bonchev–Trinajstić information content (AvgIpc) is 2.97. The van der Waals surface area contributed by atoms with Crippen LogP contribution in [0.1, 0.15) is 15.5 Å². The minimum absolute atomic E-state index is 0.239. The molecule has 0 saturated carbocycles. The third kappa shape index (κ3) is 1.86. The van der Waals surface area contributed by atoms with Gasteiger partial charge in [-0.2, -0.15) is 5.10 Å². The second kappa shape index (κ2) is 4.23. The van der Waals surface area contributed by atoms with Crippen molar-refractivity contribution in [1.82, 2.24) is 15.2 Å². The standard InChI is InChI=1S/C12H10N4OS/c1-7-13-10(6-18-7)12(17)14-11-8-4-2-3-5-9(8)15-16-11/h2-6H,1H3,(H2,14,15,16,17). The molecule has 0 atom stereocenters. The van der Waals surface area contributed by atoms with Gasteiger partial charge in [-0.15, -0.1) is 11.3 Å². The van der Waals surface area contributed by atoms with Crippen LogP contribution in [0.5, 0.6) is 0 Å². The molecule has 2 aromatic heterocycles. The van der Waals surface area contributed by atoms with Crippen LogP contribution >= 0.6 is 11.3 Å². The highest BCUT2D eigenvalue weighted by Gasteiger charge is 2.12. The third-order valence-corrected chi connectivity index (χ3v) is 3.33. The first-order valence-corrected chi connectivity index (χ1v) is 6.28. The summed E-state index contributed by atoms with van der Waals surface area (Å²) in [4.78, 5) is 16.1. The van der Waals surface area contributed by atoms with Gasteiger partial charge in [-0.1, -0.05) is 12.1 Å². The Balaban J connectivity index is 1.90. The maximum absolute atomic E-state index is 11.9. The predicted octanol–water partition coefficient (Wildman–Crippen LogP) is 2.58. The van der Waals surface area contributed by atoms with E-state index in [0.29, 0.717) is 11.5 Å². The number of carbonyl (C=O) groups is 1. The summed E-state index contributed by atoms with van der Waals surface area (Å²) in [5.74, 6) is 0.290. The molecule has 6 heteroatoms. The van der Waals surface area contributed by atoms with E-state index in [1.165, 1.54) is 11.3 Å². The van der Waals surface area contributed by atoms with Crippen molar-refractivity contribution in [3.05, 3.63) is 40.3 Å². The van der Waals surface area contributed by atoms with Gasteiger partial charge in [0.25, 0.3) is 5.91 Å². The summed E-state index contributed by atoms with van der Waals surface area (Å²) in [6.45, 7) is 1.87. The topological polar surface area (TPSA) is 70.7 Å². The van der Waals surface area contributed by atoms with Crippen LogP contribution < -0.4 is 5.32 Å². The molecule has 18 heavy (non-hydrogen) atoms. The number of nitrogens with zero attached hydrogens (tertiary/aromatic N) is 2. The fourth-order valence-electron chi connectivity index (χ4n) is 1.70. The molecule has 5 nitrogen and oxygen atoms in total. The Morgan fingerprint density at radius 1 is 1.39 bits per heavy atom. The quantitative estimate of drug-likeness (QED) is 0.742.